The molecule has 96 valence electrons. The third-order valence-corrected chi connectivity index (χ3v) is 3.43. The predicted molar refractivity (Wildman–Crippen MR) is 69.8 cm³/mol. The van der Waals surface area contributed by atoms with Gasteiger partial charge in [-0.3, -0.25) is 9.69 Å². The lowest BCUT2D eigenvalue weighted by Crippen LogP contribution is -2.52. The van der Waals surface area contributed by atoms with Crippen LogP contribution in [0.2, 0.25) is 0 Å². The number of aliphatic hydroxyl groups excluding tert-OH is 1. The summed E-state index contributed by atoms with van der Waals surface area (Å²) in [6.07, 6.45) is 7.26. The van der Waals surface area contributed by atoms with E-state index < -0.39 is 6.10 Å². The molecule has 0 saturated carbocycles. The predicted octanol–water partition coefficient (Wildman–Crippen LogP) is 1.78. The molecule has 0 unspecified atom stereocenters. The van der Waals surface area contributed by atoms with Crippen LogP contribution in [-0.2, 0) is 4.79 Å². The molecule has 1 heterocycles. The van der Waals surface area contributed by atoms with Gasteiger partial charge in [0.1, 0.15) is 0 Å². The summed E-state index contributed by atoms with van der Waals surface area (Å²) in [5, 5.41) is 10.3. The summed E-state index contributed by atoms with van der Waals surface area (Å²) in [7, 11) is 1.91. The van der Waals surface area contributed by atoms with Crippen LogP contribution < -0.4 is 0 Å². The Kier molecular flexibility index (Phi) is 5.59. The highest BCUT2D eigenvalue weighted by atomic mass is 16.3. The van der Waals surface area contributed by atoms with Gasteiger partial charge in [-0.25, -0.2) is 0 Å². The smallest absolute Gasteiger partial charge is 0.152 e. The Hall–Kier alpha value is -0.930. The van der Waals surface area contributed by atoms with Crippen molar-refractivity contribution >= 4 is 5.78 Å². The van der Waals surface area contributed by atoms with E-state index in [1.54, 1.807) is 6.08 Å². The summed E-state index contributed by atoms with van der Waals surface area (Å²) in [6, 6.07) is -0.323. The van der Waals surface area contributed by atoms with E-state index in [1.165, 1.54) is 0 Å². The van der Waals surface area contributed by atoms with Crippen LogP contribution in [0.15, 0.2) is 24.8 Å². The molecule has 1 aliphatic rings. The summed E-state index contributed by atoms with van der Waals surface area (Å²) in [5.41, 5.74) is 0. The van der Waals surface area contributed by atoms with Crippen molar-refractivity contribution in [3.8, 4) is 0 Å². The van der Waals surface area contributed by atoms with Crippen LogP contribution in [-0.4, -0.2) is 41.5 Å². The van der Waals surface area contributed by atoms with Crippen LogP contribution in [0, 0.1) is 5.92 Å². The first-order valence-electron chi connectivity index (χ1n) is 6.26. The molecule has 0 amide bonds. The van der Waals surface area contributed by atoms with Gasteiger partial charge in [-0.15, -0.1) is 0 Å². The lowest BCUT2D eigenvalue weighted by atomic mass is 9.88. The minimum atomic E-state index is -0.581. The third kappa shape index (κ3) is 3.79. The van der Waals surface area contributed by atoms with Crippen LogP contribution in [0.4, 0.5) is 0 Å². The molecule has 3 heteroatoms. The van der Waals surface area contributed by atoms with Gasteiger partial charge >= 0.3 is 0 Å². The van der Waals surface area contributed by atoms with Crippen molar-refractivity contribution in [2.75, 3.05) is 13.6 Å². The number of allylic oxidation sites excluding steroid dienone is 3. The number of Topliss-reactive ketones (excluding diaryl/α,β-unsaturated/α-hetero) is 1. The minimum Gasteiger partial charge on any atom is -0.391 e. The number of carbonyl (C=O) groups excluding carboxylic acids is 1. The van der Waals surface area contributed by atoms with Crippen molar-refractivity contribution in [1.29, 1.82) is 0 Å². The molecule has 0 aromatic carbocycles. The van der Waals surface area contributed by atoms with Gasteiger partial charge in [0.25, 0.3) is 0 Å². The second kappa shape index (κ2) is 6.72. The van der Waals surface area contributed by atoms with Crippen LogP contribution in [0.5, 0.6) is 0 Å². The summed E-state index contributed by atoms with van der Waals surface area (Å²) in [5.74, 6) is 0.256. The molecule has 0 spiro atoms. The molecule has 1 rings (SSSR count). The highest BCUT2D eigenvalue weighted by Gasteiger charge is 2.35. The van der Waals surface area contributed by atoms with Gasteiger partial charge in [0.2, 0.25) is 0 Å². The van der Waals surface area contributed by atoms with Crippen molar-refractivity contribution < 1.29 is 9.90 Å². The number of likely N-dealkylation sites (tertiary alicyclic amines) is 1. The van der Waals surface area contributed by atoms with Gasteiger partial charge in [0.05, 0.1) is 12.1 Å². The van der Waals surface area contributed by atoms with Gasteiger partial charge in [-0.2, -0.15) is 0 Å². The highest BCUT2D eigenvalue weighted by molar-refractivity contribution is 5.85. The standard InChI is InChI=1S/C14H23NO2/c1-4-5-6-8-11(2)14(17)13-12(16)9-7-10-15(13)3/h4-6,11,13-14,17H,1,7-10H2,2-3H3/b6-5+/t11-,13-,14-/m1/s1. The molecule has 3 nitrogen and oxygen atoms in total. The van der Waals surface area contributed by atoms with Crippen molar-refractivity contribution in [2.24, 2.45) is 5.92 Å². The second-order valence-electron chi connectivity index (χ2n) is 4.86. The van der Waals surface area contributed by atoms with Crippen molar-refractivity contribution in [3.63, 3.8) is 0 Å². The zero-order chi connectivity index (χ0) is 12.8. The lowest BCUT2D eigenvalue weighted by Gasteiger charge is -2.36. The third-order valence-electron chi connectivity index (χ3n) is 3.43. The summed E-state index contributed by atoms with van der Waals surface area (Å²) < 4.78 is 0. The maximum Gasteiger partial charge on any atom is 0.152 e. The van der Waals surface area contributed by atoms with Crippen LogP contribution in [0.25, 0.3) is 0 Å². The number of aliphatic hydroxyl groups is 1. The molecule has 1 aliphatic heterocycles. The molecule has 3 atom stereocenters. The maximum atomic E-state index is 11.8. The highest BCUT2D eigenvalue weighted by Crippen LogP contribution is 2.21. The zero-order valence-electron chi connectivity index (χ0n) is 10.8. The van der Waals surface area contributed by atoms with Gasteiger partial charge < -0.3 is 5.11 Å². The SMILES string of the molecule is C=C/C=C/C[C@@H](C)[C@@H](O)[C@H]1C(=O)CCCN1C. The number of hydrogen-bond donors (Lipinski definition) is 1. The topological polar surface area (TPSA) is 40.5 Å². The minimum absolute atomic E-state index is 0.0840. The first kappa shape index (κ1) is 14.1. The fourth-order valence-corrected chi connectivity index (χ4v) is 2.33. The molecule has 1 fully saturated rings. The molecule has 0 aromatic heterocycles. The molecule has 1 N–H and O–H groups in total. The van der Waals surface area contributed by atoms with E-state index in [4.69, 9.17) is 0 Å². The van der Waals surface area contributed by atoms with E-state index in [0.717, 1.165) is 19.4 Å². The van der Waals surface area contributed by atoms with Crippen LogP contribution in [0.1, 0.15) is 26.2 Å². The summed E-state index contributed by atoms with van der Waals surface area (Å²) >= 11 is 0. The van der Waals surface area contributed by atoms with Gasteiger partial charge in [-0.1, -0.05) is 31.7 Å². The zero-order valence-corrected chi connectivity index (χ0v) is 10.8. The fourth-order valence-electron chi connectivity index (χ4n) is 2.33. The molecule has 0 bridgehead atoms. The Balaban J connectivity index is 2.59. The van der Waals surface area contributed by atoms with E-state index in [2.05, 4.69) is 6.58 Å². The number of piperidine rings is 1. The molecule has 17 heavy (non-hydrogen) atoms. The van der Waals surface area contributed by atoms with Crippen molar-refractivity contribution in [1.82, 2.24) is 4.90 Å². The Bertz CT molecular complexity index is 299. The number of rotatable bonds is 5. The fraction of sp³-hybridized carbons (Fsp3) is 0.643. The Labute approximate surface area is 104 Å². The average molecular weight is 237 g/mol. The number of carbonyl (C=O) groups is 1. The molecule has 0 radical (unpaired) electrons. The second-order valence-corrected chi connectivity index (χ2v) is 4.86. The first-order chi connectivity index (χ1) is 8.07. The number of nitrogens with zero attached hydrogens (tertiary/aromatic N) is 1. The average Bonchev–Trinajstić information content (AvgIpc) is 2.28. The Morgan fingerprint density at radius 1 is 1.65 bits per heavy atom. The summed E-state index contributed by atoms with van der Waals surface area (Å²) in [4.78, 5) is 13.8. The number of ketones is 1. The maximum absolute atomic E-state index is 11.8. The van der Waals surface area contributed by atoms with Crippen LogP contribution >= 0.6 is 0 Å². The van der Waals surface area contributed by atoms with E-state index >= 15 is 0 Å². The number of likely N-dealkylation sites (N-methyl/N-ethyl adjacent to an activating group) is 1. The molecule has 0 aliphatic carbocycles. The van der Waals surface area contributed by atoms with Crippen molar-refractivity contribution in [3.05, 3.63) is 24.8 Å². The molecule has 0 aromatic rings. The van der Waals surface area contributed by atoms with Crippen molar-refractivity contribution in [2.45, 2.75) is 38.3 Å². The van der Waals surface area contributed by atoms with Gasteiger partial charge in [0.15, 0.2) is 5.78 Å². The summed E-state index contributed by atoms with van der Waals surface area (Å²) in [6.45, 7) is 6.48. The molecular weight excluding hydrogens is 214 g/mol. The van der Waals surface area contributed by atoms with Gasteiger partial charge in [0, 0.05) is 6.42 Å². The number of hydrogen-bond acceptors (Lipinski definition) is 3. The van der Waals surface area contributed by atoms with E-state index in [-0.39, 0.29) is 17.7 Å². The van der Waals surface area contributed by atoms with E-state index in [1.807, 2.05) is 31.0 Å². The van der Waals surface area contributed by atoms with Gasteiger partial charge in [-0.05, 0) is 32.4 Å². The first-order valence-corrected chi connectivity index (χ1v) is 6.26. The van der Waals surface area contributed by atoms with E-state index in [0.29, 0.717) is 6.42 Å². The largest absolute Gasteiger partial charge is 0.391 e. The van der Waals surface area contributed by atoms with Crippen LogP contribution in [0.3, 0.4) is 0 Å². The Morgan fingerprint density at radius 2 is 2.35 bits per heavy atom. The molecular formula is C14H23NO2. The monoisotopic (exact) mass is 237 g/mol. The quantitative estimate of drug-likeness (QED) is 0.741. The van der Waals surface area contributed by atoms with E-state index in [9.17, 15) is 9.90 Å². The molecule has 1 saturated heterocycles. The lowest BCUT2D eigenvalue weighted by molar-refractivity contribution is -0.132. The normalized spacial score (nSPS) is 26.1. The Morgan fingerprint density at radius 3 is 2.94 bits per heavy atom.